The molecule has 7 nitrogen and oxygen atoms in total. The SMILES string of the molecule is COc1ccccc1-c1nc2sc(C(F)(F)F)nn2c1/C=C1\SC(=O)NC1=O. The smallest absolute Gasteiger partial charge is 0.445 e. The molecule has 144 valence electrons. The van der Waals surface area contributed by atoms with Crippen LogP contribution in [0, 0.1) is 0 Å². The van der Waals surface area contributed by atoms with Crippen molar-refractivity contribution in [1.29, 1.82) is 0 Å². The fourth-order valence-electron chi connectivity index (χ4n) is 2.59. The number of benzene rings is 1. The molecule has 1 fully saturated rings. The van der Waals surface area contributed by atoms with Crippen molar-refractivity contribution in [2.45, 2.75) is 6.18 Å². The van der Waals surface area contributed by atoms with Crippen LogP contribution in [-0.4, -0.2) is 32.9 Å². The number of hydrogen-bond donors (Lipinski definition) is 1. The van der Waals surface area contributed by atoms with Crippen LogP contribution < -0.4 is 10.1 Å². The molecule has 0 radical (unpaired) electrons. The van der Waals surface area contributed by atoms with Gasteiger partial charge >= 0.3 is 6.18 Å². The largest absolute Gasteiger partial charge is 0.496 e. The van der Waals surface area contributed by atoms with Crippen LogP contribution in [0.4, 0.5) is 18.0 Å². The number of nitrogens with one attached hydrogen (secondary N) is 1. The number of fused-ring (bicyclic) bond motifs is 1. The number of carbonyl (C=O) groups excluding carboxylic acids is 2. The number of rotatable bonds is 3. The predicted molar refractivity (Wildman–Crippen MR) is 97.0 cm³/mol. The van der Waals surface area contributed by atoms with Crippen molar-refractivity contribution in [3.8, 4) is 17.0 Å². The summed E-state index contributed by atoms with van der Waals surface area (Å²) in [5, 5.41) is 4.08. The quantitative estimate of drug-likeness (QED) is 0.641. The monoisotopic (exact) mass is 426 g/mol. The second kappa shape index (κ2) is 6.63. The van der Waals surface area contributed by atoms with E-state index in [-0.39, 0.29) is 21.3 Å². The number of halogens is 3. The first-order chi connectivity index (χ1) is 13.3. The third-order valence-corrected chi connectivity index (χ3v) is 5.52. The Morgan fingerprint density at radius 2 is 2.00 bits per heavy atom. The van der Waals surface area contributed by atoms with Gasteiger partial charge in [0.1, 0.15) is 11.4 Å². The van der Waals surface area contributed by atoms with Gasteiger partial charge in [-0.1, -0.05) is 23.5 Å². The van der Waals surface area contributed by atoms with Gasteiger partial charge in [-0.2, -0.15) is 13.2 Å². The topological polar surface area (TPSA) is 85.6 Å². The Morgan fingerprint density at radius 1 is 1.25 bits per heavy atom. The lowest BCUT2D eigenvalue weighted by Gasteiger charge is -2.07. The van der Waals surface area contributed by atoms with E-state index in [1.807, 2.05) is 0 Å². The number of para-hydroxylation sites is 1. The van der Waals surface area contributed by atoms with Crippen LogP contribution in [0.3, 0.4) is 0 Å². The van der Waals surface area contributed by atoms with Crippen LogP contribution in [-0.2, 0) is 11.0 Å². The van der Waals surface area contributed by atoms with Crippen LogP contribution in [0.2, 0.25) is 0 Å². The minimum atomic E-state index is -4.63. The zero-order valence-corrected chi connectivity index (χ0v) is 15.5. The van der Waals surface area contributed by atoms with Crippen molar-refractivity contribution >= 4 is 45.3 Å². The summed E-state index contributed by atoms with van der Waals surface area (Å²) in [6.07, 6.45) is -3.33. The first-order valence-corrected chi connectivity index (χ1v) is 9.26. The standard InChI is InChI=1S/C16H9F3N4O3S2/c1-26-9-5-3-2-4-7(9)11-8(6-10-12(24)21-15(25)27-10)23-14(20-11)28-13(22-23)16(17,18)19/h2-6H,1H3,(H,21,24,25)/b10-6-. The number of carbonyl (C=O) groups is 2. The lowest BCUT2D eigenvalue weighted by Crippen LogP contribution is -2.17. The number of imide groups is 1. The number of alkyl halides is 3. The first-order valence-electron chi connectivity index (χ1n) is 7.63. The molecule has 1 aliphatic heterocycles. The Morgan fingerprint density at radius 3 is 2.64 bits per heavy atom. The summed E-state index contributed by atoms with van der Waals surface area (Å²) in [6, 6.07) is 6.81. The van der Waals surface area contributed by atoms with Gasteiger partial charge in [0.25, 0.3) is 11.1 Å². The average Bonchev–Trinajstić information content (AvgIpc) is 3.29. The number of aromatic nitrogens is 3. The van der Waals surface area contributed by atoms with Gasteiger partial charge in [-0.3, -0.25) is 14.9 Å². The normalized spacial score (nSPS) is 16.2. The van der Waals surface area contributed by atoms with Gasteiger partial charge in [0.2, 0.25) is 9.97 Å². The summed E-state index contributed by atoms with van der Waals surface area (Å²) in [6.45, 7) is 0. The molecule has 1 aromatic carbocycles. The molecule has 1 saturated heterocycles. The summed E-state index contributed by atoms with van der Waals surface area (Å²) in [7, 11) is 1.45. The predicted octanol–water partition coefficient (Wildman–Crippen LogP) is 3.81. The molecule has 4 rings (SSSR count). The van der Waals surface area contributed by atoms with E-state index in [1.165, 1.54) is 13.2 Å². The van der Waals surface area contributed by atoms with Crippen LogP contribution in [0.1, 0.15) is 10.7 Å². The third-order valence-electron chi connectivity index (χ3n) is 3.75. The number of nitrogens with zero attached hydrogens (tertiary/aromatic N) is 3. The van der Waals surface area contributed by atoms with E-state index in [4.69, 9.17) is 4.74 Å². The fourth-order valence-corrected chi connectivity index (χ4v) is 4.02. The molecular weight excluding hydrogens is 417 g/mol. The number of ether oxygens (including phenoxy) is 1. The minimum Gasteiger partial charge on any atom is -0.496 e. The molecule has 28 heavy (non-hydrogen) atoms. The van der Waals surface area contributed by atoms with Crippen LogP contribution in [0.15, 0.2) is 29.2 Å². The van der Waals surface area contributed by atoms with Gasteiger partial charge in [0.15, 0.2) is 0 Å². The van der Waals surface area contributed by atoms with Crippen molar-refractivity contribution in [2.24, 2.45) is 0 Å². The van der Waals surface area contributed by atoms with Crippen molar-refractivity contribution < 1.29 is 27.5 Å². The van der Waals surface area contributed by atoms with Gasteiger partial charge in [-0.05, 0) is 30.0 Å². The average molecular weight is 426 g/mol. The third kappa shape index (κ3) is 3.14. The van der Waals surface area contributed by atoms with Crippen molar-refractivity contribution in [3.63, 3.8) is 0 Å². The summed E-state index contributed by atoms with van der Waals surface area (Å²) in [5.74, 6) is -0.189. The highest BCUT2D eigenvalue weighted by atomic mass is 32.2. The number of amides is 2. The molecule has 3 aromatic rings. The Bertz CT molecular complexity index is 1150. The lowest BCUT2D eigenvalue weighted by molar-refractivity contribution is -0.138. The van der Waals surface area contributed by atoms with Crippen molar-refractivity contribution in [2.75, 3.05) is 7.11 Å². The fraction of sp³-hybridized carbons (Fsp3) is 0.125. The number of hydrogen-bond acceptors (Lipinski definition) is 7. The maximum Gasteiger partial charge on any atom is 0.445 e. The zero-order valence-electron chi connectivity index (χ0n) is 13.9. The van der Waals surface area contributed by atoms with Crippen molar-refractivity contribution in [3.05, 3.63) is 39.9 Å². The molecule has 12 heteroatoms. The van der Waals surface area contributed by atoms with Crippen LogP contribution in [0.5, 0.6) is 5.75 Å². The summed E-state index contributed by atoms with van der Waals surface area (Å²) < 4.78 is 45.5. The molecule has 3 heterocycles. The molecular formula is C16H9F3N4O3S2. The molecule has 2 aromatic heterocycles. The van der Waals surface area contributed by atoms with E-state index < -0.39 is 22.3 Å². The van der Waals surface area contributed by atoms with Crippen molar-refractivity contribution in [1.82, 2.24) is 19.9 Å². The molecule has 0 atom stereocenters. The zero-order chi connectivity index (χ0) is 20.1. The summed E-state index contributed by atoms with van der Waals surface area (Å²) >= 11 is 1.03. The highest BCUT2D eigenvalue weighted by Crippen LogP contribution is 2.38. The Kier molecular flexibility index (Phi) is 4.38. The first kappa shape index (κ1) is 18.5. The van der Waals surface area contributed by atoms with Gasteiger partial charge in [-0.15, -0.1) is 5.10 Å². The van der Waals surface area contributed by atoms with E-state index in [9.17, 15) is 22.8 Å². The minimum absolute atomic E-state index is 0.00480. The van der Waals surface area contributed by atoms with Gasteiger partial charge in [0.05, 0.1) is 17.7 Å². The van der Waals surface area contributed by atoms with E-state index >= 15 is 0 Å². The highest BCUT2D eigenvalue weighted by Gasteiger charge is 2.37. The van der Waals surface area contributed by atoms with Crippen LogP contribution in [0.25, 0.3) is 22.3 Å². The molecule has 0 spiro atoms. The number of imidazole rings is 1. The van der Waals surface area contributed by atoms with Gasteiger partial charge in [0, 0.05) is 5.56 Å². The van der Waals surface area contributed by atoms with Gasteiger partial charge in [-0.25, -0.2) is 9.50 Å². The number of thioether (sulfide) groups is 1. The second-order valence-corrected chi connectivity index (χ2v) is 7.47. The molecule has 0 aliphatic carbocycles. The number of methoxy groups -OCH3 is 1. The van der Waals surface area contributed by atoms with E-state index in [0.29, 0.717) is 34.4 Å². The Labute approximate surface area is 163 Å². The second-order valence-electron chi connectivity index (χ2n) is 5.50. The maximum absolute atomic E-state index is 13.1. The summed E-state index contributed by atoms with van der Waals surface area (Å²) in [5.41, 5.74) is 0.932. The molecule has 0 bridgehead atoms. The molecule has 1 N–H and O–H groups in total. The lowest BCUT2D eigenvalue weighted by atomic mass is 10.1. The van der Waals surface area contributed by atoms with E-state index in [0.717, 1.165) is 4.52 Å². The molecule has 1 aliphatic rings. The molecule has 0 saturated carbocycles. The van der Waals surface area contributed by atoms with Gasteiger partial charge < -0.3 is 4.74 Å². The molecule has 0 unspecified atom stereocenters. The Balaban J connectivity index is 1.97. The molecule has 2 amide bonds. The highest BCUT2D eigenvalue weighted by molar-refractivity contribution is 8.18. The maximum atomic E-state index is 13.1. The van der Waals surface area contributed by atoms with E-state index in [1.54, 1.807) is 24.3 Å². The van der Waals surface area contributed by atoms with Crippen LogP contribution >= 0.6 is 23.1 Å². The summed E-state index contributed by atoms with van der Waals surface area (Å²) in [4.78, 5) is 27.6. The Hall–Kier alpha value is -2.86. The van der Waals surface area contributed by atoms with E-state index in [2.05, 4.69) is 15.4 Å².